The van der Waals surface area contributed by atoms with E-state index in [1.54, 1.807) is 12.1 Å². The second-order valence-corrected chi connectivity index (χ2v) is 5.39. The van der Waals surface area contributed by atoms with Gasteiger partial charge in [0.25, 0.3) is 5.91 Å². The highest BCUT2D eigenvalue weighted by Gasteiger charge is 2.05. The zero-order valence-corrected chi connectivity index (χ0v) is 10.1. The van der Waals surface area contributed by atoms with Crippen LogP contribution in [0.1, 0.15) is 10.4 Å². The highest BCUT2D eigenvalue weighted by Crippen LogP contribution is 2.26. The SMILES string of the molecule is O=C(Nc1ccc(Br)s1)c1ccccc1. The molecule has 0 atom stereocenters. The van der Waals surface area contributed by atoms with Gasteiger partial charge in [-0.25, -0.2) is 0 Å². The first-order valence-corrected chi connectivity index (χ1v) is 5.98. The van der Waals surface area contributed by atoms with Gasteiger partial charge < -0.3 is 5.32 Å². The highest BCUT2D eigenvalue weighted by molar-refractivity contribution is 9.11. The summed E-state index contributed by atoms with van der Waals surface area (Å²) in [5.74, 6) is -0.0787. The second kappa shape index (κ2) is 4.59. The molecule has 0 spiro atoms. The van der Waals surface area contributed by atoms with Crippen LogP contribution in [0.5, 0.6) is 0 Å². The lowest BCUT2D eigenvalue weighted by atomic mass is 10.2. The Balaban J connectivity index is 2.11. The van der Waals surface area contributed by atoms with E-state index >= 15 is 0 Å². The fraction of sp³-hybridized carbons (Fsp3) is 0. The van der Waals surface area contributed by atoms with E-state index < -0.39 is 0 Å². The molecular weight excluding hydrogens is 274 g/mol. The largest absolute Gasteiger partial charge is 0.314 e. The normalized spacial score (nSPS) is 9.93. The molecule has 0 fully saturated rings. The molecule has 0 saturated carbocycles. The Bertz CT molecular complexity index is 466. The number of hydrogen-bond donors (Lipinski definition) is 1. The molecule has 0 unspecified atom stereocenters. The summed E-state index contributed by atoms with van der Waals surface area (Å²) in [7, 11) is 0. The molecule has 0 aliphatic heterocycles. The van der Waals surface area contributed by atoms with Gasteiger partial charge in [-0.1, -0.05) is 18.2 Å². The van der Waals surface area contributed by atoms with Crippen molar-refractivity contribution in [3.8, 4) is 0 Å². The van der Waals surface area contributed by atoms with E-state index in [-0.39, 0.29) is 5.91 Å². The molecule has 0 aliphatic carbocycles. The van der Waals surface area contributed by atoms with E-state index in [2.05, 4.69) is 21.2 Å². The maximum atomic E-state index is 11.7. The predicted molar refractivity (Wildman–Crippen MR) is 66.4 cm³/mol. The van der Waals surface area contributed by atoms with Gasteiger partial charge in [0.1, 0.15) is 0 Å². The van der Waals surface area contributed by atoms with Crippen molar-refractivity contribution in [2.75, 3.05) is 5.32 Å². The number of benzene rings is 1. The topological polar surface area (TPSA) is 29.1 Å². The van der Waals surface area contributed by atoms with Crippen LogP contribution in [0.15, 0.2) is 46.3 Å². The van der Waals surface area contributed by atoms with Gasteiger partial charge >= 0.3 is 0 Å². The minimum Gasteiger partial charge on any atom is -0.314 e. The Hall–Kier alpha value is -1.13. The van der Waals surface area contributed by atoms with Crippen LogP contribution in [0, 0.1) is 0 Å². The van der Waals surface area contributed by atoms with Crippen molar-refractivity contribution in [1.82, 2.24) is 0 Å². The summed E-state index contributed by atoms with van der Waals surface area (Å²) in [4.78, 5) is 11.7. The highest BCUT2D eigenvalue weighted by atomic mass is 79.9. The van der Waals surface area contributed by atoms with Gasteiger partial charge in [-0.3, -0.25) is 4.79 Å². The summed E-state index contributed by atoms with van der Waals surface area (Å²) in [6.45, 7) is 0. The average molecular weight is 282 g/mol. The molecule has 76 valence electrons. The summed E-state index contributed by atoms with van der Waals surface area (Å²) < 4.78 is 1.01. The average Bonchev–Trinajstić information content (AvgIpc) is 2.65. The van der Waals surface area contributed by atoms with Crippen molar-refractivity contribution in [1.29, 1.82) is 0 Å². The molecule has 1 aromatic heterocycles. The maximum Gasteiger partial charge on any atom is 0.256 e. The zero-order valence-electron chi connectivity index (χ0n) is 7.74. The number of carbonyl (C=O) groups excluding carboxylic acids is 1. The first-order chi connectivity index (χ1) is 7.25. The summed E-state index contributed by atoms with van der Waals surface area (Å²) in [5.41, 5.74) is 0.669. The van der Waals surface area contributed by atoms with Crippen LogP contribution < -0.4 is 5.32 Å². The maximum absolute atomic E-state index is 11.7. The van der Waals surface area contributed by atoms with Crippen LogP contribution in [0.25, 0.3) is 0 Å². The number of nitrogens with one attached hydrogen (secondary N) is 1. The van der Waals surface area contributed by atoms with Crippen LogP contribution in [-0.4, -0.2) is 5.91 Å². The standard InChI is InChI=1S/C11H8BrNOS/c12-9-6-7-10(15-9)13-11(14)8-4-2-1-3-5-8/h1-7H,(H,13,14). The number of amides is 1. The van der Waals surface area contributed by atoms with E-state index in [1.165, 1.54) is 11.3 Å². The number of thiophene rings is 1. The first kappa shape index (κ1) is 10.4. The van der Waals surface area contributed by atoms with Crippen molar-refractivity contribution in [3.05, 3.63) is 51.8 Å². The number of halogens is 1. The van der Waals surface area contributed by atoms with E-state index in [0.29, 0.717) is 5.56 Å². The zero-order chi connectivity index (χ0) is 10.7. The van der Waals surface area contributed by atoms with Gasteiger partial charge in [0.15, 0.2) is 0 Å². The molecule has 15 heavy (non-hydrogen) atoms. The molecular formula is C11H8BrNOS. The third-order valence-electron chi connectivity index (χ3n) is 1.85. The van der Waals surface area contributed by atoms with Gasteiger partial charge in [0.05, 0.1) is 8.79 Å². The van der Waals surface area contributed by atoms with E-state index in [0.717, 1.165) is 8.79 Å². The fourth-order valence-electron chi connectivity index (χ4n) is 1.16. The summed E-state index contributed by atoms with van der Waals surface area (Å²) in [5, 5.41) is 3.67. The van der Waals surface area contributed by atoms with Gasteiger partial charge in [-0.05, 0) is 40.2 Å². The molecule has 1 aromatic carbocycles. The van der Waals surface area contributed by atoms with Crippen LogP contribution in [0.2, 0.25) is 0 Å². The Morgan fingerprint density at radius 3 is 2.47 bits per heavy atom. The van der Waals surface area contributed by atoms with E-state index in [4.69, 9.17) is 0 Å². The van der Waals surface area contributed by atoms with Gasteiger partial charge in [-0.2, -0.15) is 0 Å². The van der Waals surface area contributed by atoms with Crippen LogP contribution in [0.4, 0.5) is 5.00 Å². The van der Waals surface area contributed by atoms with Gasteiger partial charge in [-0.15, -0.1) is 11.3 Å². The molecule has 1 N–H and O–H groups in total. The molecule has 2 nitrogen and oxygen atoms in total. The minimum absolute atomic E-state index is 0.0787. The lowest BCUT2D eigenvalue weighted by molar-refractivity contribution is 0.102. The van der Waals surface area contributed by atoms with Crippen LogP contribution >= 0.6 is 27.3 Å². The molecule has 0 bridgehead atoms. The second-order valence-electron chi connectivity index (χ2n) is 2.92. The third kappa shape index (κ3) is 2.67. The Labute approximate surface area is 100 Å². The van der Waals surface area contributed by atoms with Crippen molar-refractivity contribution in [3.63, 3.8) is 0 Å². The van der Waals surface area contributed by atoms with E-state index in [9.17, 15) is 4.79 Å². The van der Waals surface area contributed by atoms with Crippen LogP contribution in [0.3, 0.4) is 0 Å². The molecule has 4 heteroatoms. The Morgan fingerprint density at radius 2 is 1.87 bits per heavy atom. The molecule has 0 radical (unpaired) electrons. The van der Waals surface area contributed by atoms with Gasteiger partial charge in [0.2, 0.25) is 0 Å². The summed E-state index contributed by atoms with van der Waals surface area (Å²) in [6.07, 6.45) is 0. The lowest BCUT2D eigenvalue weighted by Gasteiger charge is -2.01. The predicted octanol–water partition coefficient (Wildman–Crippen LogP) is 3.76. The van der Waals surface area contributed by atoms with Gasteiger partial charge in [0, 0.05) is 5.56 Å². The smallest absolute Gasteiger partial charge is 0.256 e. The summed E-state index contributed by atoms with van der Waals surface area (Å²) in [6, 6.07) is 12.9. The molecule has 0 saturated heterocycles. The monoisotopic (exact) mass is 281 g/mol. The third-order valence-corrected chi connectivity index (χ3v) is 3.38. The Morgan fingerprint density at radius 1 is 1.13 bits per heavy atom. The number of hydrogen-bond acceptors (Lipinski definition) is 2. The minimum atomic E-state index is -0.0787. The molecule has 1 heterocycles. The summed E-state index contributed by atoms with van der Waals surface area (Å²) >= 11 is 4.84. The van der Waals surface area contributed by atoms with E-state index in [1.807, 2.05) is 30.3 Å². The fourth-order valence-corrected chi connectivity index (χ4v) is 2.44. The molecule has 1 amide bonds. The van der Waals surface area contributed by atoms with Crippen molar-refractivity contribution < 1.29 is 4.79 Å². The van der Waals surface area contributed by atoms with Crippen molar-refractivity contribution >= 4 is 38.2 Å². The number of carbonyl (C=O) groups is 1. The quantitative estimate of drug-likeness (QED) is 0.892. The number of anilines is 1. The number of rotatable bonds is 2. The molecule has 2 aromatic rings. The molecule has 2 rings (SSSR count). The lowest BCUT2D eigenvalue weighted by Crippen LogP contribution is -2.10. The van der Waals surface area contributed by atoms with Crippen molar-refractivity contribution in [2.24, 2.45) is 0 Å². The Kier molecular flexibility index (Phi) is 3.18. The molecule has 0 aliphatic rings. The van der Waals surface area contributed by atoms with Crippen molar-refractivity contribution in [2.45, 2.75) is 0 Å². The van der Waals surface area contributed by atoms with Crippen LogP contribution in [-0.2, 0) is 0 Å². The first-order valence-electron chi connectivity index (χ1n) is 4.37.